The molecule has 0 saturated carbocycles. The third kappa shape index (κ3) is 5.46. The van der Waals surface area contributed by atoms with Crippen molar-refractivity contribution in [2.24, 2.45) is 5.92 Å². The fourth-order valence-electron chi connectivity index (χ4n) is 3.61. The molecule has 4 rings (SSSR count). The number of carbonyl (C=O) groups is 3. The summed E-state index contributed by atoms with van der Waals surface area (Å²) in [5.74, 6) is 0.110. The summed E-state index contributed by atoms with van der Waals surface area (Å²) < 4.78 is 17.2. The zero-order valence-electron chi connectivity index (χ0n) is 18.4. The van der Waals surface area contributed by atoms with Crippen LogP contribution in [0.5, 0.6) is 17.2 Å². The SMILES string of the molecule is COc1ccccc1Oc1ccc(N2C[C@@H](C(=O)OCC(=O)c3ccc(Br)cc3)CC2=O)cc1. The molecule has 1 aliphatic rings. The number of amides is 1. The van der Waals surface area contributed by atoms with Crippen LogP contribution in [0, 0.1) is 5.92 Å². The first-order chi connectivity index (χ1) is 16.4. The molecule has 1 atom stereocenters. The number of nitrogens with zero attached hydrogens (tertiary/aromatic N) is 1. The molecular weight excluding hydrogens is 502 g/mol. The summed E-state index contributed by atoms with van der Waals surface area (Å²) in [5.41, 5.74) is 1.11. The highest BCUT2D eigenvalue weighted by atomic mass is 79.9. The van der Waals surface area contributed by atoms with Gasteiger partial charge in [-0.1, -0.05) is 40.2 Å². The van der Waals surface area contributed by atoms with Gasteiger partial charge in [-0.25, -0.2) is 0 Å². The lowest BCUT2D eigenvalue weighted by atomic mass is 10.1. The Bertz CT molecular complexity index is 1190. The van der Waals surface area contributed by atoms with Gasteiger partial charge in [0.1, 0.15) is 5.75 Å². The second-order valence-electron chi connectivity index (χ2n) is 7.69. The normalized spacial score (nSPS) is 15.2. The Morgan fingerprint density at radius 1 is 0.971 bits per heavy atom. The Balaban J connectivity index is 1.34. The molecule has 1 saturated heterocycles. The maximum absolute atomic E-state index is 12.5. The number of hydrogen-bond donors (Lipinski definition) is 0. The number of methoxy groups -OCH3 is 1. The molecule has 0 unspecified atom stereocenters. The summed E-state index contributed by atoms with van der Waals surface area (Å²) in [6.45, 7) is -0.170. The van der Waals surface area contributed by atoms with Crippen LogP contribution >= 0.6 is 15.9 Å². The molecule has 0 N–H and O–H groups in total. The quantitative estimate of drug-likeness (QED) is 0.304. The standard InChI is InChI=1S/C26H22BrNO6/c1-32-23-4-2-3-5-24(23)34-21-12-10-20(11-13-21)28-15-18(14-25(28)30)26(31)33-16-22(29)17-6-8-19(27)9-7-17/h2-13,18H,14-16H2,1H3/t18-/m0/s1. The topological polar surface area (TPSA) is 82.1 Å². The minimum Gasteiger partial charge on any atom is -0.493 e. The molecule has 1 fully saturated rings. The smallest absolute Gasteiger partial charge is 0.311 e. The molecule has 8 heteroatoms. The van der Waals surface area contributed by atoms with Crippen molar-refractivity contribution in [2.75, 3.05) is 25.2 Å². The van der Waals surface area contributed by atoms with Gasteiger partial charge in [-0.15, -0.1) is 0 Å². The zero-order valence-corrected chi connectivity index (χ0v) is 20.0. The van der Waals surface area contributed by atoms with Crippen LogP contribution in [-0.4, -0.2) is 37.9 Å². The van der Waals surface area contributed by atoms with Crippen molar-refractivity contribution in [3.05, 3.63) is 82.8 Å². The van der Waals surface area contributed by atoms with Gasteiger partial charge in [0.2, 0.25) is 5.91 Å². The monoisotopic (exact) mass is 523 g/mol. The number of para-hydroxylation sites is 2. The molecule has 0 spiro atoms. The second kappa shape index (κ2) is 10.5. The Hall–Kier alpha value is -3.65. The van der Waals surface area contributed by atoms with Crippen LogP contribution < -0.4 is 14.4 Å². The summed E-state index contributed by atoms with van der Waals surface area (Å²) in [5, 5.41) is 0. The van der Waals surface area contributed by atoms with Gasteiger partial charge in [-0.2, -0.15) is 0 Å². The minimum absolute atomic E-state index is 0.0325. The molecule has 7 nitrogen and oxygen atoms in total. The molecule has 1 aliphatic heterocycles. The molecule has 0 radical (unpaired) electrons. The Morgan fingerprint density at radius 2 is 1.65 bits per heavy atom. The highest BCUT2D eigenvalue weighted by Gasteiger charge is 2.36. The number of halogens is 1. The fraction of sp³-hybridized carbons (Fsp3) is 0.192. The lowest BCUT2D eigenvalue weighted by Gasteiger charge is -2.17. The maximum atomic E-state index is 12.5. The van der Waals surface area contributed by atoms with Crippen LogP contribution in [0.2, 0.25) is 0 Å². The number of rotatable bonds is 8. The van der Waals surface area contributed by atoms with Crippen LogP contribution in [-0.2, 0) is 14.3 Å². The number of ketones is 1. The average Bonchev–Trinajstić information content (AvgIpc) is 3.25. The Morgan fingerprint density at radius 3 is 2.32 bits per heavy atom. The second-order valence-corrected chi connectivity index (χ2v) is 8.61. The number of anilines is 1. The number of ether oxygens (including phenoxy) is 3. The molecule has 174 valence electrons. The van der Waals surface area contributed by atoms with Crippen molar-refractivity contribution < 1.29 is 28.6 Å². The van der Waals surface area contributed by atoms with Gasteiger partial charge < -0.3 is 19.1 Å². The number of esters is 1. The minimum atomic E-state index is -0.630. The summed E-state index contributed by atoms with van der Waals surface area (Å²) in [4.78, 5) is 38.8. The fourth-order valence-corrected chi connectivity index (χ4v) is 3.88. The van der Waals surface area contributed by atoms with Crippen molar-refractivity contribution in [1.82, 2.24) is 0 Å². The van der Waals surface area contributed by atoms with E-state index in [1.54, 1.807) is 67.8 Å². The lowest BCUT2D eigenvalue weighted by molar-refractivity contribution is -0.147. The van der Waals surface area contributed by atoms with Crippen molar-refractivity contribution in [1.29, 1.82) is 0 Å². The van der Waals surface area contributed by atoms with Gasteiger partial charge in [-0.05, 0) is 48.5 Å². The van der Waals surface area contributed by atoms with Crippen molar-refractivity contribution in [3.8, 4) is 17.2 Å². The third-order valence-electron chi connectivity index (χ3n) is 5.42. The zero-order chi connectivity index (χ0) is 24.1. The molecule has 0 aromatic heterocycles. The van der Waals surface area contributed by atoms with E-state index in [0.29, 0.717) is 28.5 Å². The third-order valence-corrected chi connectivity index (χ3v) is 5.94. The van der Waals surface area contributed by atoms with Crippen LogP contribution in [0.3, 0.4) is 0 Å². The summed E-state index contributed by atoms with van der Waals surface area (Å²) in [7, 11) is 1.57. The first kappa shape index (κ1) is 23.5. The van der Waals surface area contributed by atoms with Crippen molar-refractivity contribution >= 4 is 39.3 Å². The maximum Gasteiger partial charge on any atom is 0.311 e. The highest BCUT2D eigenvalue weighted by molar-refractivity contribution is 9.10. The summed E-state index contributed by atoms with van der Waals surface area (Å²) >= 11 is 3.31. The lowest BCUT2D eigenvalue weighted by Crippen LogP contribution is -2.27. The summed E-state index contributed by atoms with van der Waals surface area (Å²) in [6.07, 6.45) is 0.0325. The number of Topliss-reactive ketones (excluding diaryl/α,β-unsaturated/α-hetero) is 1. The van der Waals surface area contributed by atoms with Gasteiger partial charge in [0.05, 0.1) is 13.0 Å². The van der Waals surface area contributed by atoms with E-state index in [1.165, 1.54) is 4.90 Å². The van der Waals surface area contributed by atoms with Gasteiger partial charge in [-0.3, -0.25) is 14.4 Å². The molecule has 0 aliphatic carbocycles. The Kier molecular flexibility index (Phi) is 7.27. The van der Waals surface area contributed by atoms with Gasteiger partial charge in [0, 0.05) is 28.7 Å². The van der Waals surface area contributed by atoms with E-state index in [0.717, 1.165) is 4.47 Å². The first-order valence-corrected chi connectivity index (χ1v) is 11.4. The molecule has 3 aromatic rings. The molecule has 34 heavy (non-hydrogen) atoms. The molecule has 1 heterocycles. The van der Waals surface area contributed by atoms with E-state index in [2.05, 4.69) is 15.9 Å². The molecule has 0 bridgehead atoms. The van der Waals surface area contributed by atoms with Gasteiger partial charge in [0.25, 0.3) is 0 Å². The number of hydrogen-bond acceptors (Lipinski definition) is 6. The predicted molar refractivity (Wildman–Crippen MR) is 129 cm³/mol. The van der Waals surface area contributed by atoms with Crippen molar-refractivity contribution in [2.45, 2.75) is 6.42 Å². The largest absolute Gasteiger partial charge is 0.493 e. The van der Waals surface area contributed by atoms with E-state index in [4.69, 9.17) is 14.2 Å². The predicted octanol–water partition coefficient (Wildman–Crippen LogP) is 5.03. The van der Waals surface area contributed by atoms with Gasteiger partial charge in [0.15, 0.2) is 23.9 Å². The van der Waals surface area contributed by atoms with Crippen LogP contribution in [0.1, 0.15) is 16.8 Å². The van der Waals surface area contributed by atoms with E-state index >= 15 is 0 Å². The van der Waals surface area contributed by atoms with Crippen LogP contribution in [0.15, 0.2) is 77.3 Å². The first-order valence-electron chi connectivity index (χ1n) is 10.6. The molecule has 1 amide bonds. The van der Waals surface area contributed by atoms with E-state index in [9.17, 15) is 14.4 Å². The molecule has 3 aromatic carbocycles. The number of carbonyl (C=O) groups excluding carboxylic acids is 3. The Labute approximate surface area is 205 Å². The van der Waals surface area contributed by atoms with E-state index in [1.807, 2.05) is 12.1 Å². The van der Waals surface area contributed by atoms with Gasteiger partial charge >= 0.3 is 5.97 Å². The van der Waals surface area contributed by atoms with Crippen molar-refractivity contribution in [3.63, 3.8) is 0 Å². The van der Waals surface area contributed by atoms with E-state index < -0.39 is 11.9 Å². The molecular formula is C26H22BrNO6. The summed E-state index contributed by atoms with van der Waals surface area (Å²) in [6, 6.07) is 21.1. The van der Waals surface area contributed by atoms with Crippen LogP contribution in [0.25, 0.3) is 0 Å². The average molecular weight is 524 g/mol. The van der Waals surface area contributed by atoms with Crippen LogP contribution in [0.4, 0.5) is 5.69 Å². The van der Waals surface area contributed by atoms with E-state index in [-0.39, 0.29) is 31.3 Å². The number of benzene rings is 3. The highest BCUT2D eigenvalue weighted by Crippen LogP contribution is 2.33.